The molecule has 0 saturated heterocycles. The van der Waals surface area contributed by atoms with E-state index < -0.39 is 17.6 Å². The molecule has 2 rings (SSSR count). The largest absolute Gasteiger partial charge is 0.395 e. The van der Waals surface area contributed by atoms with Crippen LogP contribution in [0.15, 0.2) is 30.6 Å². The minimum Gasteiger partial charge on any atom is -0.395 e. The fourth-order valence-electron chi connectivity index (χ4n) is 1.58. The summed E-state index contributed by atoms with van der Waals surface area (Å²) in [4.78, 5) is 6.75. The molecule has 0 aliphatic rings. The lowest BCUT2D eigenvalue weighted by atomic mass is 9.98. The standard InChI is InChI=1S/C11H10F2N2O/c12-7-1-2-8(10(13)5-7)9(6-16)11-14-3-4-15-11/h1-5,9,16H,6H2,(H,14,15). The molecule has 0 bridgehead atoms. The van der Waals surface area contributed by atoms with E-state index in [0.717, 1.165) is 12.1 Å². The second kappa shape index (κ2) is 4.40. The summed E-state index contributed by atoms with van der Waals surface area (Å²) in [7, 11) is 0. The lowest BCUT2D eigenvalue weighted by Gasteiger charge is -2.12. The number of benzene rings is 1. The molecule has 0 fully saturated rings. The monoisotopic (exact) mass is 224 g/mol. The van der Waals surface area contributed by atoms with Crippen LogP contribution in [0.3, 0.4) is 0 Å². The zero-order valence-corrected chi connectivity index (χ0v) is 8.32. The molecule has 0 saturated carbocycles. The highest BCUT2D eigenvalue weighted by molar-refractivity contribution is 5.27. The number of aromatic amines is 1. The van der Waals surface area contributed by atoms with E-state index in [4.69, 9.17) is 0 Å². The van der Waals surface area contributed by atoms with Gasteiger partial charge in [0.05, 0.1) is 12.5 Å². The number of hydrogen-bond acceptors (Lipinski definition) is 2. The number of hydrogen-bond donors (Lipinski definition) is 2. The first-order valence-corrected chi connectivity index (χ1v) is 4.77. The van der Waals surface area contributed by atoms with Crippen molar-refractivity contribution in [3.05, 3.63) is 53.6 Å². The summed E-state index contributed by atoms with van der Waals surface area (Å²) < 4.78 is 26.2. The molecule has 2 N–H and O–H groups in total. The normalized spacial score (nSPS) is 12.7. The van der Waals surface area contributed by atoms with Crippen LogP contribution in [0.5, 0.6) is 0 Å². The fraction of sp³-hybridized carbons (Fsp3) is 0.182. The summed E-state index contributed by atoms with van der Waals surface area (Å²) in [5, 5.41) is 9.22. The third kappa shape index (κ3) is 1.94. The predicted octanol–water partition coefficient (Wildman–Crippen LogP) is 1.81. The molecular weight excluding hydrogens is 214 g/mol. The van der Waals surface area contributed by atoms with Crippen LogP contribution in [0.4, 0.5) is 8.78 Å². The minimum atomic E-state index is -0.685. The summed E-state index contributed by atoms with van der Waals surface area (Å²) in [5.74, 6) is -1.48. The van der Waals surface area contributed by atoms with Crippen LogP contribution in [-0.2, 0) is 0 Å². The third-order valence-corrected chi connectivity index (χ3v) is 2.37. The minimum absolute atomic E-state index is 0.221. The van der Waals surface area contributed by atoms with Gasteiger partial charge in [0.15, 0.2) is 0 Å². The van der Waals surface area contributed by atoms with Gasteiger partial charge in [-0.05, 0) is 6.07 Å². The summed E-state index contributed by atoms with van der Waals surface area (Å²) >= 11 is 0. The number of nitrogens with one attached hydrogen (secondary N) is 1. The molecule has 1 unspecified atom stereocenters. The van der Waals surface area contributed by atoms with E-state index in [9.17, 15) is 13.9 Å². The number of H-pyrrole nitrogens is 1. The van der Waals surface area contributed by atoms with Gasteiger partial charge < -0.3 is 10.1 Å². The van der Waals surface area contributed by atoms with Gasteiger partial charge in [-0.1, -0.05) is 6.07 Å². The first kappa shape index (κ1) is 10.8. The maximum atomic E-state index is 13.5. The lowest BCUT2D eigenvalue weighted by molar-refractivity contribution is 0.274. The van der Waals surface area contributed by atoms with E-state index in [2.05, 4.69) is 9.97 Å². The number of imidazole rings is 1. The zero-order valence-electron chi connectivity index (χ0n) is 8.32. The van der Waals surface area contributed by atoms with Crippen molar-refractivity contribution in [2.45, 2.75) is 5.92 Å². The average molecular weight is 224 g/mol. The van der Waals surface area contributed by atoms with Crippen molar-refractivity contribution < 1.29 is 13.9 Å². The SMILES string of the molecule is OCC(c1ncc[nH]1)c1ccc(F)cc1F. The Morgan fingerprint density at radius 2 is 2.19 bits per heavy atom. The van der Waals surface area contributed by atoms with Crippen molar-refractivity contribution in [3.8, 4) is 0 Å². The Morgan fingerprint density at radius 1 is 1.38 bits per heavy atom. The first-order valence-electron chi connectivity index (χ1n) is 4.77. The Balaban J connectivity index is 2.41. The van der Waals surface area contributed by atoms with Gasteiger partial charge in [-0.3, -0.25) is 0 Å². The zero-order chi connectivity index (χ0) is 11.5. The molecule has 0 aliphatic carbocycles. The Bertz CT molecular complexity index is 471. The van der Waals surface area contributed by atoms with Crippen LogP contribution in [0, 0.1) is 11.6 Å². The summed E-state index contributed by atoms with van der Waals surface area (Å²) in [6.07, 6.45) is 3.10. The molecule has 1 aromatic heterocycles. The Morgan fingerprint density at radius 3 is 2.75 bits per heavy atom. The number of halogens is 2. The number of aliphatic hydroxyl groups is 1. The highest BCUT2D eigenvalue weighted by Crippen LogP contribution is 2.24. The maximum absolute atomic E-state index is 13.5. The van der Waals surface area contributed by atoms with Gasteiger partial charge >= 0.3 is 0 Å². The second-order valence-corrected chi connectivity index (χ2v) is 3.38. The second-order valence-electron chi connectivity index (χ2n) is 3.38. The van der Waals surface area contributed by atoms with Gasteiger partial charge in [-0.2, -0.15) is 0 Å². The molecule has 2 aromatic rings. The van der Waals surface area contributed by atoms with Gasteiger partial charge in [0.25, 0.3) is 0 Å². The molecule has 1 aromatic carbocycles. The van der Waals surface area contributed by atoms with E-state index >= 15 is 0 Å². The van der Waals surface area contributed by atoms with Crippen molar-refractivity contribution in [2.24, 2.45) is 0 Å². The molecular formula is C11H10F2N2O. The van der Waals surface area contributed by atoms with E-state index in [1.54, 1.807) is 6.20 Å². The van der Waals surface area contributed by atoms with E-state index in [1.807, 2.05) is 0 Å². The third-order valence-electron chi connectivity index (χ3n) is 2.37. The van der Waals surface area contributed by atoms with Crippen LogP contribution >= 0.6 is 0 Å². The first-order chi connectivity index (χ1) is 7.72. The van der Waals surface area contributed by atoms with E-state index in [-0.39, 0.29) is 12.2 Å². The fourth-order valence-corrected chi connectivity index (χ4v) is 1.58. The van der Waals surface area contributed by atoms with Gasteiger partial charge in [0, 0.05) is 24.0 Å². The van der Waals surface area contributed by atoms with Crippen LogP contribution in [0.2, 0.25) is 0 Å². The summed E-state index contributed by atoms with van der Waals surface area (Å²) in [6, 6.07) is 3.26. The van der Waals surface area contributed by atoms with Crippen LogP contribution < -0.4 is 0 Å². The number of aromatic nitrogens is 2. The van der Waals surface area contributed by atoms with Crippen molar-refractivity contribution >= 4 is 0 Å². The van der Waals surface area contributed by atoms with Crippen molar-refractivity contribution in [1.82, 2.24) is 9.97 Å². The van der Waals surface area contributed by atoms with E-state index in [1.165, 1.54) is 12.3 Å². The van der Waals surface area contributed by atoms with Crippen molar-refractivity contribution in [3.63, 3.8) is 0 Å². The lowest BCUT2D eigenvalue weighted by Crippen LogP contribution is -2.10. The molecule has 3 nitrogen and oxygen atoms in total. The smallest absolute Gasteiger partial charge is 0.130 e. The van der Waals surface area contributed by atoms with Crippen molar-refractivity contribution in [1.29, 1.82) is 0 Å². The van der Waals surface area contributed by atoms with Gasteiger partial charge in [0.2, 0.25) is 0 Å². The summed E-state index contributed by atoms with van der Waals surface area (Å²) in [6.45, 7) is -0.296. The van der Waals surface area contributed by atoms with Crippen LogP contribution in [0.25, 0.3) is 0 Å². The predicted molar refractivity (Wildman–Crippen MR) is 53.9 cm³/mol. The Hall–Kier alpha value is -1.75. The summed E-state index contributed by atoms with van der Waals surface area (Å²) in [5.41, 5.74) is 0.221. The van der Waals surface area contributed by atoms with E-state index in [0.29, 0.717) is 5.82 Å². The molecule has 1 heterocycles. The van der Waals surface area contributed by atoms with Crippen LogP contribution in [-0.4, -0.2) is 21.7 Å². The topological polar surface area (TPSA) is 48.9 Å². The Kier molecular flexibility index (Phi) is 2.96. The maximum Gasteiger partial charge on any atom is 0.130 e. The molecule has 0 spiro atoms. The van der Waals surface area contributed by atoms with Gasteiger partial charge in [-0.15, -0.1) is 0 Å². The van der Waals surface area contributed by atoms with Gasteiger partial charge in [0.1, 0.15) is 17.5 Å². The average Bonchev–Trinajstić information content (AvgIpc) is 2.75. The Labute approximate surface area is 90.8 Å². The van der Waals surface area contributed by atoms with Crippen molar-refractivity contribution in [2.75, 3.05) is 6.61 Å². The highest BCUT2D eigenvalue weighted by atomic mass is 19.1. The van der Waals surface area contributed by atoms with Crippen LogP contribution in [0.1, 0.15) is 17.3 Å². The highest BCUT2D eigenvalue weighted by Gasteiger charge is 2.19. The number of rotatable bonds is 3. The van der Waals surface area contributed by atoms with Gasteiger partial charge in [-0.25, -0.2) is 13.8 Å². The molecule has 16 heavy (non-hydrogen) atoms. The number of nitrogens with zero attached hydrogens (tertiary/aromatic N) is 1. The molecule has 1 atom stereocenters. The molecule has 84 valence electrons. The molecule has 0 amide bonds. The molecule has 5 heteroatoms. The molecule has 0 radical (unpaired) electrons. The molecule has 0 aliphatic heterocycles. The quantitative estimate of drug-likeness (QED) is 0.835. The number of aliphatic hydroxyl groups excluding tert-OH is 1.